The van der Waals surface area contributed by atoms with Gasteiger partial charge in [0.05, 0.1) is 26.2 Å². The van der Waals surface area contributed by atoms with Crippen molar-refractivity contribution in [2.75, 3.05) is 13.7 Å². The first kappa shape index (κ1) is 30.4. The molecule has 0 saturated carbocycles. The van der Waals surface area contributed by atoms with Crippen LogP contribution in [0.25, 0.3) is 0 Å². The summed E-state index contributed by atoms with van der Waals surface area (Å²) in [5.41, 5.74) is 1.76. The van der Waals surface area contributed by atoms with Crippen LogP contribution in [0.4, 0.5) is 0 Å². The molecule has 0 aliphatic carbocycles. The number of imide groups is 1. The number of benzene rings is 4. The number of likely N-dealkylation sites (tertiary alicyclic amines) is 1. The molecule has 1 heterocycles. The topological polar surface area (TPSA) is 65.1 Å². The Morgan fingerprint density at radius 1 is 0.698 bits per heavy atom. The molecule has 222 valence electrons. The van der Waals surface area contributed by atoms with Crippen LogP contribution in [0.15, 0.2) is 115 Å². The molecule has 1 fully saturated rings. The summed E-state index contributed by atoms with van der Waals surface area (Å²) in [5, 5.41) is 1.95. The van der Waals surface area contributed by atoms with Crippen LogP contribution in [-0.2, 0) is 31.9 Å². The number of rotatable bonds is 11. The van der Waals surface area contributed by atoms with Crippen molar-refractivity contribution in [1.82, 2.24) is 4.90 Å². The monoisotopic (exact) mass is 593 g/mol. The minimum Gasteiger partial charge on any atom is -0.497 e. The Balaban J connectivity index is 1.49. The third kappa shape index (κ3) is 6.34. The molecule has 2 atom stereocenters. The Morgan fingerprint density at radius 2 is 1.23 bits per heavy atom. The van der Waals surface area contributed by atoms with Crippen molar-refractivity contribution in [1.29, 1.82) is 0 Å². The first-order valence-electron chi connectivity index (χ1n) is 14.6. The fourth-order valence-electron chi connectivity index (χ4n) is 5.92. The third-order valence-electron chi connectivity index (χ3n) is 8.13. The number of amides is 2. The Kier molecular flexibility index (Phi) is 9.25. The summed E-state index contributed by atoms with van der Waals surface area (Å²) in [5.74, 6) is -0.691. The van der Waals surface area contributed by atoms with Gasteiger partial charge in [-0.05, 0) is 38.7 Å². The molecule has 0 unspecified atom stereocenters. The first-order chi connectivity index (χ1) is 20.7. The smallest absolute Gasteiger partial charge is 0.261 e. The highest BCUT2D eigenvalue weighted by molar-refractivity contribution is 6.99. The van der Waals surface area contributed by atoms with Crippen molar-refractivity contribution >= 4 is 30.5 Å². The van der Waals surface area contributed by atoms with Crippen LogP contribution in [0.3, 0.4) is 0 Å². The van der Waals surface area contributed by atoms with Crippen LogP contribution in [-0.4, -0.2) is 44.9 Å². The molecular formula is C36H39NO5Si. The summed E-state index contributed by atoms with van der Waals surface area (Å²) < 4.78 is 18.7. The number of carbonyl (C=O) groups is 2. The molecule has 1 aliphatic rings. The Morgan fingerprint density at radius 3 is 1.74 bits per heavy atom. The summed E-state index contributed by atoms with van der Waals surface area (Å²) in [6.07, 6.45) is -0.954. The molecule has 0 bridgehead atoms. The maximum absolute atomic E-state index is 14.0. The first-order valence-corrected chi connectivity index (χ1v) is 16.5. The molecule has 0 N–H and O–H groups in total. The van der Waals surface area contributed by atoms with Gasteiger partial charge in [-0.25, -0.2) is 0 Å². The van der Waals surface area contributed by atoms with Crippen LogP contribution in [0, 0.1) is 5.92 Å². The van der Waals surface area contributed by atoms with Crippen molar-refractivity contribution in [3.63, 3.8) is 0 Å². The second kappa shape index (κ2) is 13.1. The van der Waals surface area contributed by atoms with E-state index >= 15 is 0 Å². The number of hydrogen-bond donors (Lipinski definition) is 0. The van der Waals surface area contributed by atoms with E-state index in [1.54, 1.807) is 7.11 Å². The Labute approximate surface area is 255 Å². The van der Waals surface area contributed by atoms with E-state index in [9.17, 15) is 9.59 Å². The van der Waals surface area contributed by atoms with E-state index in [-0.39, 0.29) is 36.6 Å². The maximum atomic E-state index is 14.0. The second-order valence-corrected chi connectivity index (χ2v) is 16.2. The molecule has 2 amide bonds. The molecule has 6 nitrogen and oxygen atoms in total. The van der Waals surface area contributed by atoms with E-state index in [0.717, 1.165) is 21.5 Å². The van der Waals surface area contributed by atoms with Gasteiger partial charge in [-0.1, -0.05) is 124 Å². The van der Waals surface area contributed by atoms with Gasteiger partial charge in [0.2, 0.25) is 5.91 Å². The van der Waals surface area contributed by atoms with Crippen LogP contribution in [0.5, 0.6) is 5.75 Å². The predicted molar refractivity (Wildman–Crippen MR) is 171 cm³/mol. The minimum atomic E-state index is -2.94. The van der Waals surface area contributed by atoms with Gasteiger partial charge >= 0.3 is 0 Å². The van der Waals surface area contributed by atoms with E-state index in [2.05, 4.69) is 45.0 Å². The highest BCUT2D eigenvalue weighted by Gasteiger charge is 2.54. The number of carbonyl (C=O) groups excluding carboxylic acids is 2. The lowest BCUT2D eigenvalue weighted by atomic mass is 10.1. The predicted octanol–water partition coefficient (Wildman–Crippen LogP) is 5.34. The quantitative estimate of drug-likeness (QED) is 0.174. The van der Waals surface area contributed by atoms with E-state index in [4.69, 9.17) is 13.9 Å². The van der Waals surface area contributed by atoms with Gasteiger partial charge in [-0.15, -0.1) is 0 Å². The summed E-state index contributed by atoms with van der Waals surface area (Å²) in [6, 6.07) is 37.7. The lowest BCUT2D eigenvalue weighted by Crippen LogP contribution is -2.67. The SMILES string of the molecule is COc1ccc(CN2C(=O)[C@H](CO[Si](c3ccccc3)(c3ccccc3)C(C)(C)C)[C@@H](OCc3ccccc3)C2=O)cc1. The summed E-state index contributed by atoms with van der Waals surface area (Å²) in [7, 11) is -1.34. The largest absolute Gasteiger partial charge is 0.497 e. The van der Waals surface area contributed by atoms with Gasteiger partial charge in [-0.2, -0.15) is 0 Å². The van der Waals surface area contributed by atoms with Crippen LogP contribution < -0.4 is 15.1 Å². The number of nitrogens with zero attached hydrogens (tertiary/aromatic N) is 1. The lowest BCUT2D eigenvalue weighted by Gasteiger charge is -2.43. The van der Waals surface area contributed by atoms with Crippen LogP contribution in [0.1, 0.15) is 31.9 Å². The standard InChI is InChI=1S/C36H39NO5Si/c1-36(2,3)43(30-16-10-6-11-17-30,31-18-12-7-13-19-31)42-26-32-33(41-25-28-14-8-5-9-15-28)35(39)37(34(32)38)24-27-20-22-29(40-4)23-21-27/h5-23,32-33H,24-26H2,1-4H3/t32-,33-/m1/s1. The molecule has 1 saturated heterocycles. The van der Waals surface area contributed by atoms with Crippen molar-refractivity contribution in [2.24, 2.45) is 5.92 Å². The summed E-state index contributed by atoms with van der Waals surface area (Å²) >= 11 is 0. The van der Waals surface area contributed by atoms with E-state index in [1.165, 1.54) is 4.90 Å². The van der Waals surface area contributed by atoms with Crippen LogP contribution >= 0.6 is 0 Å². The van der Waals surface area contributed by atoms with E-state index in [1.807, 2.05) is 91.0 Å². The van der Waals surface area contributed by atoms with Crippen molar-refractivity contribution in [3.05, 3.63) is 126 Å². The fraction of sp³-hybridized carbons (Fsp3) is 0.278. The molecule has 43 heavy (non-hydrogen) atoms. The lowest BCUT2D eigenvalue weighted by molar-refractivity contribution is -0.143. The molecule has 0 aromatic heterocycles. The number of methoxy groups -OCH3 is 1. The van der Waals surface area contributed by atoms with Gasteiger partial charge in [0.1, 0.15) is 5.75 Å². The molecule has 4 aromatic rings. The maximum Gasteiger partial charge on any atom is 0.261 e. The Bertz CT molecular complexity index is 1470. The van der Waals surface area contributed by atoms with Gasteiger partial charge < -0.3 is 13.9 Å². The average Bonchev–Trinajstić information content (AvgIpc) is 3.25. The van der Waals surface area contributed by atoms with Gasteiger partial charge in [0.25, 0.3) is 14.2 Å². The summed E-state index contributed by atoms with van der Waals surface area (Å²) in [6.45, 7) is 7.02. The molecule has 0 spiro atoms. The highest BCUT2D eigenvalue weighted by Crippen LogP contribution is 2.38. The second-order valence-electron chi connectivity index (χ2n) is 11.9. The third-order valence-corrected chi connectivity index (χ3v) is 13.1. The zero-order chi connectivity index (χ0) is 30.5. The fourth-order valence-corrected chi connectivity index (χ4v) is 10.5. The molecule has 7 heteroatoms. The van der Waals surface area contributed by atoms with E-state index < -0.39 is 20.3 Å². The molecular weight excluding hydrogens is 554 g/mol. The summed E-state index contributed by atoms with van der Waals surface area (Å²) in [4.78, 5) is 29.2. The van der Waals surface area contributed by atoms with Gasteiger partial charge in [0, 0.05) is 6.61 Å². The zero-order valence-electron chi connectivity index (χ0n) is 25.2. The molecule has 5 rings (SSSR count). The molecule has 0 radical (unpaired) electrons. The van der Waals surface area contributed by atoms with Crippen molar-refractivity contribution in [3.8, 4) is 5.75 Å². The van der Waals surface area contributed by atoms with Crippen LogP contribution in [0.2, 0.25) is 5.04 Å². The van der Waals surface area contributed by atoms with E-state index in [0.29, 0.717) is 5.75 Å². The normalized spacial score (nSPS) is 17.3. The number of hydrogen-bond acceptors (Lipinski definition) is 5. The van der Waals surface area contributed by atoms with Gasteiger partial charge in [0.15, 0.2) is 6.10 Å². The van der Waals surface area contributed by atoms with Crippen molar-refractivity contribution in [2.45, 2.75) is 45.1 Å². The van der Waals surface area contributed by atoms with Gasteiger partial charge in [-0.3, -0.25) is 14.5 Å². The zero-order valence-corrected chi connectivity index (χ0v) is 26.2. The van der Waals surface area contributed by atoms with Crippen molar-refractivity contribution < 1.29 is 23.5 Å². The highest BCUT2D eigenvalue weighted by atomic mass is 28.4. The molecule has 4 aromatic carbocycles. The minimum absolute atomic E-state index is 0.0659. The molecule has 1 aliphatic heterocycles. The number of ether oxygens (including phenoxy) is 2. The average molecular weight is 594 g/mol. The Hall–Kier alpha value is -4.04.